The summed E-state index contributed by atoms with van der Waals surface area (Å²) in [6, 6.07) is 7.65. The number of hydrogen-bond donors (Lipinski definition) is 0. The average molecular weight is 522 g/mol. The van der Waals surface area contributed by atoms with Crippen molar-refractivity contribution < 1.29 is 44.8 Å². The third-order valence-corrected chi connectivity index (χ3v) is 4.83. The van der Waals surface area contributed by atoms with Gasteiger partial charge in [0.1, 0.15) is 11.2 Å². The normalized spacial score (nSPS) is 12.7. The van der Waals surface area contributed by atoms with Gasteiger partial charge in [0, 0.05) is 0 Å². The van der Waals surface area contributed by atoms with Crippen molar-refractivity contribution in [2.45, 2.75) is 65.2 Å². The highest BCUT2D eigenvalue weighted by Gasteiger charge is 2.50. The molecule has 0 aliphatic rings. The Kier molecular flexibility index (Phi) is 7.50. The summed E-state index contributed by atoms with van der Waals surface area (Å²) < 4.78 is 77.9. The smallest absolute Gasteiger partial charge is 0.443 e. The number of rotatable bonds is 4. The lowest BCUT2D eigenvalue weighted by Crippen LogP contribution is -2.45. The number of ether oxygens (including phenoxy) is 2. The molecule has 0 bridgehead atoms. The van der Waals surface area contributed by atoms with Gasteiger partial charge in [-0.15, -0.1) is 5.10 Å². The second-order valence-corrected chi connectivity index (χ2v) is 10.8. The minimum absolute atomic E-state index is 0.168. The Morgan fingerprint density at radius 1 is 0.914 bits per heavy atom. The predicted molar refractivity (Wildman–Crippen MR) is 119 cm³/mol. The molecule has 1 aromatic carbocycles. The van der Waals surface area contributed by atoms with E-state index in [-0.39, 0.29) is 11.3 Å². The number of halogens is 3. The number of imide groups is 1. The van der Waals surface area contributed by atoms with Gasteiger partial charge in [-0.2, -0.15) is 26.5 Å². The Labute approximate surface area is 200 Å². The molecule has 0 atom stereocenters. The van der Waals surface area contributed by atoms with Gasteiger partial charge >= 0.3 is 27.8 Å². The maximum atomic E-state index is 13.1. The first-order valence-corrected chi connectivity index (χ1v) is 11.6. The maximum absolute atomic E-state index is 13.1. The highest BCUT2D eigenvalue weighted by molar-refractivity contribution is 7.87. The fraction of sp³-hybridized carbons (Fsp3) is 0.476. The van der Waals surface area contributed by atoms with Gasteiger partial charge < -0.3 is 13.7 Å². The molecule has 0 spiro atoms. The van der Waals surface area contributed by atoms with E-state index in [0.717, 1.165) is 11.6 Å². The monoisotopic (exact) mass is 521 g/mol. The zero-order valence-corrected chi connectivity index (χ0v) is 20.9. The van der Waals surface area contributed by atoms with E-state index in [9.17, 15) is 31.2 Å². The van der Waals surface area contributed by atoms with E-state index in [0.29, 0.717) is 4.90 Å². The van der Waals surface area contributed by atoms with Crippen molar-refractivity contribution in [3.63, 3.8) is 0 Å². The first-order chi connectivity index (χ1) is 15.7. The van der Waals surface area contributed by atoms with Gasteiger partial charge in [-0.25, -0.2) is 14.3 Å². The Hall–Kier alpha value is -3.29. The Morgan fingerprint density at radius 3 is 1.77 bits per heavy atom. The summed E-state index contributed by atoms with van der Waals surface area (Å²) in [5.41, 5.74) is -8.11. The largest absolute Gasteiger partial charge is 0.534 e. The lowest BCUT2D eigenvalue weighted by atomic mass is 10.2. The molecule has 1 aromatic heterocycles. The third kappa shape index (κ3) is 6.87. The molecule has 2 amide bonds. The van der Waals surface area contributed by atoms with Crippen LogP contribution in [0.4, 0.5) is 28.6 Å². The van der Waals surface area contributed by atoms with E-state index >= 15 is 0 Å². The van der Waals surface area contributed by atoms with Crippen LogP contribution in [0.5, 0.6) is 5.88 Å². The standard InChI is InChI=1S/C21H26F3N3O7S/c1-13-15(34-35(30,31)21(22,23)24)25-27(14-11-9-8-10-12-14)16(13)26(17(28)32-19(2,3)4)18(29)33-20(5,6)7/h8-12H,1-7H3. The van der Waals surface area contributed by atoms with Crippen molar-refractivity contribution in [3.05, 3.63) is 35.9 Å². The zero-order valence-electron chi connectivity index (χ0n) is 20.1. The van der Waals surface area contributed by atoms with Crippen molar-refractivity contribution in [2.24, 2.45) is 0 Å². The quantitative estimate of drug-likeness (QED) is 0.404. The van der Waals surface area contributed by atoms with Gasteiger partial charge in [0.15, 0.2) is 5.82 Å². The molecule has 0 radical (unpaired) electrons. The Bertz CT molecular complexity index is 1170. The van der Waals surface area contributed by atoms with Gasteiger partial charge in [0.05, 0.1) is 11.3 Å². The fourth-order valence-corrected chi connectivity index (χ4v) is 3.03. The van der Waals surface area contributed by atoms with E-state index in [2.05, 4.69) is 9.28 Å². The highest BCUT2D eigenvalue weighted by atomic mass is 32.2. The molecule has 0 N–H and O–H groups in total. The zero-order chi connectivity index (χ0) is 27.0. The van der Waals surface area contributed by atoms with E-state index in [1.54, 1.807) is 18.2 Å². The minimum Gasteiger partial charge on any atom is -0.443 e. The molecule has 0 unspecified atom stereocenters. The van der Waals surface area contributed by atoms with Crippen LogP contribution in [0.3, 0.4) is 0 Å². The van der Waals surface area contributed by atoms with Crippen LogP contribution >= 0.6 is 0 Å². The minimum atomic E-state index is -6.11. The fourth-order valence-electron chi connectivity index (χ4n) is 2.57. The first-order valence-electron chi connectivity index (χ1n) is 10.2. The number of nitrogens with zero attached hydrogens (tertiary/aromatic N) is 3. The number of carbonyl (C=O) groups is 2. The first kappa shape index (κ1) is 28.0. The predicted octanol–water partition coefficient (Wildman–Crippen LogP) is 5.09. The third-order valence-electron chi connectivity index (χ3n) is 3.88. The molecule has 14 heteroatoms. The van der Waals surface area contributed by atoms with E-state index in [1.165, 1.54) is 53.7 Å². The van der Waals surface area contributed by atoms with Crippen LogP contribution in [0.1, 0.15) is 47.1 Å². The van der Waals surface area contributed by atoms with Crippen LogP contribution in [0.15, 0.2) is 30.3 Å². The highest BCUT2D eigenvalue weighted by Crippen LogP contribution is 2.36. The van der Waals surface area contributed by atoms with Gasteiger partial charge in [-0.3, -0.25) is 0 Å². The molecule has 0 fully saturated rings. The molecule has 35 heavy (non-hydrogen) atoms. The van der Waals surface area contributed by atoms with E-state index in [4.69, 9.17) is 9.47 Å². The van der Waals surface area contributed by atoms with Gasteiger partial charge in [0.2, 0.25) is 0 Å². The maximum Gasteiger partial charge on any atom is 0.534 e. The summed E-state index contributed by atoms with van der Waals surface area (Å²) in [5.74, 6) is -1.44. The molecule has 10 nitrogen and oxygen atoms in total. The summed E-state index contributed by atoms with van der Waals surface area (Å²) in [5, 5.41) is 3.82. The molecule has 1 heterocycles. The van der Waals surface area contributed by atoms with Crippen molar-refractivity contribution in [2.75, 3.05) is 4.90 Å². The van der Waals surface area contributed by atoms with E-state index < -0.39 is 50.7 Å². The Morgan fingerprint density at radius 2 is 1.37 bits per heavy atom. The molecule has 2 aromatic rings. The van der Waals surface area contributed by atoms with Crippen LogP contribution in [0.25, 0.3) is 5.69 Å². The molecule has 2 rings (SSSR count). The van der Waals surface area contributed by atoms with Crippen LogP contribution in [-0.2, 0) is 19.6 Å². The second kappa shape index (κ2) is 9.40. The lowest BCUT2D eigenvalue weighted by molar-refractivity contribution is -0.0501. The van der Waals surface area contributed by atoms with Crippen molar-refractivity contribution >= 4 is 28.1 Å². The number of anilines is 1. The van der Waals surface area contributed by atoms with Gasteiger partial charge in [-0.05, 0) is 60.6 Å². The molecular formula is C21H26F3N3O7S. The SMILES string of the molecule is Cc1c(OS(=O)(=O)C(F)(F)F)nn(-c2ccccc2)c1N(C(=O)OC(C)(C)C)C(=O)OC(C)(C)C. The molecule has 0 aliphatic carbocycles. The van der Waals surface area contributed by atoms with Gasteiger partial charge in [-0.1, -0.05) is 18.2 Å². The van der Waals surface area contributed by atoms with Crippen molar-refractivity contribution in [1.82, 2.24) is 9.78 Å². The molecular weight excluding hydrogens is 495 g/mol. The summed E-state index contributed by atoms with van der Waals surface area (Å²) >= 11 is 0. The molecule has 0 saturated carbocycles. The van der Waals surface area contributed by atoms with Crippen LogP contribution in [0.2, 0.25) is 0 Å². The second-order valence-electron chi connectivity index (χ2n) is 9.28. The molecule has 0 aliphatic heterocycles. The number of alkyl halides is 3. The topological polar surface area (TPSA) is 117 Å². The lowest BCUT2D eigenvalue weighted by Gasteiger charge is -2.29. The van der Waals surface area contributed by atoms with Crippen LogP contribution < -0.4 is 9.08 Å². The number of hydrogen-bond acceptors (Lipinski definition) is 8. The summed E-state index contributed by atoms with van der Waals surface area (Å²) in [6.07, 6.45) is -2.48. The van der Waals surface area contributed by atoms with E-state index in [1.807, 2.05) is 0 Å². The van der Waals surface area contributed by atoms with Crippen molar-refractivity contribution in [1.29, 1.82) is 0 Å². The van der Waals surface area contributed by atoms with Crippen molar-refractivity contribution in [3.8, 4) is 11.6 Å². The molecule has 194 valence electrons. The number of benzene rings is 1. The number of amides is 2. The number of aromatic nitrogens is 2. The molecule has 0 saturated heterocycles. The van der Waals surface area contributed by atoms with Gasteiger partial charge in [0.25, 0.3) is 5.88 Å². The number of carbonyl (C=O) groups excluding carboxylic acids is 2. The average Bonchev–Trinajstić information content (AvgIpc) is 2.95. The summed E-state index contributed by atoms with van der Waals surface area (Å²) in [4.78, 5) is 26.6. The van der Waals surface area contributed by atoms with Crippen LogP contribution in [-0.4, -0.2) is 47.1 Å². The van der Waals surface area contributed by atoms with Crippen LogP contribution in [0, 0.1) is 6.92 Å². The Balaban J connectivity index is 2.81. The summed E-state index contributed by atoms with van der Waals surface area (Å²) in [6.45, 7) is 10.3. The summed E-state index contributed by atoms with van der Waals surface area (Å²) in [7, 11) is -6.11. The number of para-hydroxylation sites is 1.